The molecule has 1 N–H and O–H groups in total. The van der Waals surface area contributed by atoms with Crippen LogP contribution in [0.15, 0.2) is 12.2 Å². The number of carboxylic acids is 1. The van der Waals surface area contributed by atoms with E-state index < -0.39 is 5.97 Å². The lowest BCUT2D eigenvalue weighted by molar-refractivity contribution is -0.133. The van der Waals surface area contributed by atoms with Crippen LogP contribution >= 0.6 is 0 Å². The largest absolute Gasteiger partial charge is 0.478 e. The van der Waals surface area contributed by atoms with Crippen LogP contribution in [-0.4, -0.2) is 11.1 Å². The second-order valence-corrected chi connectivity index (χ2v) is 11.6. The highest BCUT2D eigenvalue weighted by atomic mass is 16.4. The first-order valence-corrected chi connectivity index (χ1v) is 16.6. The predicted octanol–water partition coefficient (Wildman–Crippen LogP) is 12.2. The third-order valence-corrected chi connectivity index (χ3v) is 8.08. The highest BCUT2D eigenvalue weighted by Crippen LogP contribution is 2.25. The zero-order valence-electron chi connectivity index (χ0n) is 24.9. The number of carboxylic acid groups (broad SMARTS) is 1. The minimum Gasteiger partial charge on any atom is -0.478 e. The van der Waals surface area contributed by atoms with Gasteiger partial charge < -0.3 is 5.11 Å². The van der Waals surface area contributed by atoms with Crippen LogP contribution in [-0.2, 0) is 4.79 Å². The molecular weight excluding hydrogens is 440 g/mol. The molecule has 0 aliphatic rings. The van der Waals surface area contributed by atoms with Gasteiger partial charge in [0, 0.05) is 5.57 Å². The summed E-state index contributed by atoms with van der Waals surface area (Å²) in [7, 11) is 0. The van der Waals surface area contributed by atoms with Gasteiger partial charge in [0.25, 0.3) is 0 Å². The molecule has 0 amide bonds. The standard InChI is InChI=1S/C34H66O2/c1-4-6-8-10-12-14-16-17-18-19-20-21-23-25-27-29-31-33(32(3)34(35)36)30-28-26-24-22-15-13-11-9-7-5-2/h33H,3-31H2,1-2H3,(H,35,36). The van der Waals surface area contributed by atoms with E-state index in [9.17, 15) is 9.90 Å². The van der Waals surface area contributed by atoms with Gasteiger partial charge in [0.2, 0.25) is 0 Å². The fourth-order valence-corrected chi connectivity index (χ4v) is 5.48. The molecule has 0 bridgehead atoms. The van der Waals surface area contributed by atoms with E-state index in [-0.39, 0.29) is 5.92 Å². The van der Waals surface area contributed by atoms with E-state index in [0.29, 0.717) is 5.57 Å². The fourth-order valence-electron chi connectivity index (χ4n) is 5.48. The number of aliphatic carboxylic acids is 1. The van der Waals surface area contributed by atoms with E-state index in [1.54, 1.807) is 0 Å². The van der Waals surface area contributed by atoms with Gasteiger partial charge >= 0.3 is 5.97 Å². The molecule has 0 aromatic carbocycles. The van der Waals surface area contributed by atoms with E-state index in [0.717, 1.165) is 25.7 Å². The molecule has 1 atom stereocenters. The molecule has 0 saturated heterocycles. The van der Waals surface area contributed by atoms with Gasteiger partial charge in [0.15, 0.2) is 0 Å². The molecule has 1 unspecified atom stereocenters. The quantitative estimate of drug-likeness (QED) is 0.0776. The summed E-state index contributed by atoms with van der Waals surface area (Å²) >= 11 is 0. The van der Waals surface area contributed by atoms with Crippen LogP contribution in [0.3, 0.4) is 0 Å². The number of hydrogen-bond donors (Lipinski definition) is 1. The summed E-state index contributed by atoms with van der Waals surface area (Å²) in [6.45, 7) is 8.47. The average molecular weight is 507 g/mol. The third-order valence-electron chi connectivity index (χ3n) is 8.08. The van der Waals surface area contributed by atoms with Crippen molar-refractivity contribution in [2.75, 3.05) is 0 Å². The number of unbranched alkanes of at least 4 members (excludes halogenated alkanes) is 24. The topological polar surface area (TPSA) is 37.3 Å². The summed E-state index contributed by atoms with van der Waals surface area (Å²) in [5.74, 6) is -0.605. The first-order valence-electron chi connectivity index (χ1n) is 16.6. The Morgan fingerprint density at radius 3 is 0.917 bits per heavy atom. The molecule has 214 valence electrons. The van der Waals surface area contributed by atoms with Gasteiger partial charge in [0.05, 0.1) is 0 Å². The molecule has 0 aromatic rings. The lowest BCUT2D eigenvalue weighted by Crippen LogP contribution is -2.12. The lowest BCUT2D eigenvalue weighted by atomic mass is 9.88. The Morgan fingerprint density at radius 2 is 0.694 bits per heavy atom. The maximum absolute atomic E-state index is 11.5. The van der Waals surface area contributed by atoms with Gasteiger partial charge in [-0.1, -0.05) is 187 Å². The monoisotopic (exact) mass is 507 g/mol. The Bertz CT molecular complexity index is 470. The van der Waals surface area contributed by atoms with Crippen LogP contribution in [0.1, 0.15) is 194 Å². The molecular formula is C34H66O2. The SMILES string of the molecule is C=C(C(=O)O)C(CCCCCCCCCCCC)CCCCCCCCCCCCCCCCCC. The van der Waals surface area contributed by atoms with Crippen LogP contribution in [0.4, 0.5) is 0 Å². The lowest BCUT2D eigenvalue weighted by Gasteiger charge is -2.17. The number of rotatable bonds is 30. The summed E-state index contributed by atoms with van der Waals surface area (Å²) in [6, 6.07) is 0. The second-order valence-electron chi connectivity index (χ2n) is 11.6. The molecule has 0 rings (SSSR count). The van der Waals surface area contributed by atoms with Crippen molar-refractivity contribution >= 4 is 5.97 Å². The Morgan fingerprint density at radius 1 is 0.472 bits per heavy atom. The molecule has 0 aromatic heterocycles. The minimum atomic E-state index is -0.788. The van der Waals surface area contributed by atoms with Crippen LogP contribution in [0.2, 0.25) is 0 Å². The highest BCUT2D eigenvalue weighted by Gasteiger charge is 2.17. The molecule has 0 spiro atoms. The molecule has 0 aliphatic carbocycles. The summed E-state index contributed by atoms with van der Waals surface area (Å²) < 4.78 is 0. The highest BCUT2D eigenvalue weighted by molar-refractivity contribution is 5.86. The summed E-state index contributed by atoms with van der Waals surface area (Å²) in [5, 5.41) is 9.45. The molecule has 2 nitrogen and oxygen atoms in total. The van der Waals surface area contributed by atoms with E-state index >= 15 is 0 Å². The van der Waals surface area contributed by atoms with Gasteiger partial charge in [0.1, 0.15) is 0 Å². The second kappa shape index (κ2) is 28.8. The molecule has 0 saturated carbocycles. The van der Waals surface area contributed by atoms with E-state index in [2.05, 4.69) is 20.4 Å². The van der Waals surface area contributed by atoms with Gasteiger partial charge in [-0.15, -0.1) is 0 Å². The van der Waals surface area contributed by atoms with Gasteiger partial charge in [-0.05, 0) is 18.8 Å². The van der Waals surface area contributed by atoms with Crippen molar-refractivity contribution in [1.29, 1.82) is 0 Å². The van der Waals surface area contributed by atoms with Crippen molar-refractivity contribution < 1.29 is 9.90 Å². The van der Waals surface area contributed by atoms with Gasteiger partial charge in [-0.25, -0.2) is 4.79 Å². The first kappa shape index (κ1) is 35.2. The van der Waals surface area contributed by atoms with Crippen molar-refractivity contribution in [2.45, 2.75) is 194 Å². The Labute approximate surface area is 227 Å². The van der Waals surface area contributed by atoms with Crippen molar-refractivity contribution in [3.05, 3.63) is 12.2 Å². The van der Waals surface area contributed by atoms with Crippen LogP contribution < -0.4 is 0 Å². The first-order chi connectivity index (χ1) is 17.6. The van der Waals surface area contributed by atoms with Crippen molar-refractivity contribution in [3.63, 3.8) is 0 Å². The molecule has 0 heterocycles. The minimum absolute atomic E-state index is 0.184. The van der Waals surface area contributed by atoms with E-state index in [1.807, 2.05) is 0 Å². The molecule has 36 heavy (non-hydrogen) atoms. The van der Waals surface area contributed by atoms with Gasteiger partial charge in [-0.3, -0.25) is 0 Å². The number of carbonyl (C=O) groups is 1. The summed E-state index contributed by atoms with van der Waals surface area (Å²) in [5.41, 5.74) is 0.451. The summed E-state index contributed by atoms with van der Waals surface area (Å²) in [4.78, 5) is 11.5. The average Bonchev–Trinajstić information content (AvgIpc) is 2.87. The van der Waals surface area contributed by atoms with Crippen molar-refractivity contribution in [3.8, 4) is 0 Å². The van der Waals surface area contributed by atoms with Crippen molar-refractivity contribution in [1.82, 2.24) is 0 Å². The Hall–Kier alpha value is -0.790. The van der Waals surface area contributed by atoms with E-state index in [4.69, 9.17) is 0 Å². The summed E-state index contributed by atoms with van der Waals surface area (Å²) in [6.07, 6.45) is 37.4. The van der Waals surface area contributed by atoms with Crippen LogP contribution in [0.5, 0.6) is 0 Å². The molecule has 0 fully saturated rings. The Kier molecular flexibility index (Phi) is 28.1. The zero-order valence-corrected chi connectivity index (χ0v) is 24.9. The smallest absolute Gasteiger partial charge is 0.331 e. The van der Waals surface area contributed by atoms with E-state index in [1.165, 1.54) is 154 Å². The molecule has 0 aliphatic heterocycles. The maximum atomic E-state index is 11.5. The van der Waals surface area contributed by atoms with Crippen LogP contribution in [0, 0.1) is 5.92 Å². The number of hydrogen-bond acceptors (Lipinski definition) is 1. The van der Waals surface area contributed by atoms with Crippen molar-refractivity contribution in [2.24, 2.45) is 5.92 Å². The zero-order chi connectivity index (χ0) is 26.5. The fraction of sp³-hybridized carbons (Fsp3) is 0.912. The molecule has 2 heteroatoms. The molecule has 0 radical (unpaired) electrons. The third kappa shape index (κ3) is 24.9. The normalized spacial score (nSPS) is 12.2. The van der Waals surface area contributed by atoms with Crippen LogP contribution in [0.25, 0.3) is 0 Å². The Balaban J connectivity index is 3.62. The maximum Gasteiger partial charge on any atom is 0.331 e. The van der Waals surface area contributed by atoms with Gasteiger partial charge in [-0.2, -0.15) is 0 Å². The predicted molar refractivity (Wildman–Crippen MR) is 161 cm³/mol.